The molecule has 1 aliphatic rings. The number of anilines is 1. The van der Waals surface area contributed by atoms with Crippen LogP contribution in [0, 0.1) is 0 Å². The molecule has 0 radical (unpaired) electrons. The van der Waals surface area contributed by atoms with E-state index in [-0.39, 0.29) is 11.6 Å². The highest BCUT2D eigenvalue weighted by molar-refractivity contribution is 9.10. The number of amides is 1. The van der Waals surface area contributed by atoms with Crippen LogP contribution in [0.25, 0.3) is 16.2 Å². The molecule has 0 saturated carbocycles. The number of carbonyl (C=O) groups is 1. The lowest BCUT2D eigenvalue weighted by Crippen LogP contribution is -2.32. The van der Waals surface area contributed by atoms with Crippen molar-refractivity contribution in [3.05, 3.63) is 102 Å². The van der Waals surface area contributed by atoms with Crippen molar-refractivity contribution < 1.29 is 4.79 Å². The maximum absolute atomic E-state index is 13.5. The largest absolute Gasteiger partial charge is 0.282 e. The zero-order valence-electron chi connectivity index (χ0n) is 16.2. The molecule has 1 aromatic heterocycles. The number of carbonyl (C=O) groups excluding carboxylic acids is 1. The first kappa shape index (κ1) is 21.7. The van der Waals surface area contributed by atoms with E-state index in [1.807, 2.05) is 48.5 Å². The summed E-state index contributed by atoms with van der Waals surface area (Å²) < 4.78 is 1.87. The lowest BCUT2D eigenvalue weighted by Gasteiger charge is -2.18. The van der Waals surface area contributed by atoms with Crippen molar-refractivity contribution >= 4 is 95.7 Å². The normalized spacial score (nSPS) is 15.1. The fourth-order valence-corrected chi connectivity index (χ4v) is 5.79. The molecule has 0 aliphatic carbocycles. The van der Waals surface area contributed by atoms with E-state index in [9.17, 15) is 4.79 Å². The Labute approximate surface area is 211 Å². The van der Waals surface area contributed by atoms with Crippen LogP contribution < -0.4 is 4.90 Å². The SMILES string of the molecule is O=C1/C(=C\c2ccc(Cl)cc2Cl)N=C(c2sc3ccccc3c2Cl)N1c1cccc(Br)c1. The third kappa shape index (κ3) is 3.89. The monoisotopic (exact) mass is 560 g/mol. The van der Waals surface area contributed by atoms with Crippen LogP contribution in [0.5, 0.6) is 0 Å². The molecule has 5 rings (SSSR count). The first-order valence-corrected chi connectivity index (χ1v) is 12.2. The molecule has 0 saturated heterocycles. The minimum Gasteiger partial charge on any atom is -0.266 e. The fourth-order valence-electron chi connectivity index (χ4n) is 3.45. The summed E-state index contributed by atoms with van der Waals surface area (Å²) in [6.45, 7) is 0. The second-order valence-corrected chi connectivity index (χ2v) is 10.2. The van der Waals surface area contributed by atoms with Gasteiger partial charge in [0.1, 0.15) is 5.70 Å². The Balaban J connectivity index is 1.70. The summed E-state index contributed by atoms with van der Waals surface area (Å²) in [6.07, 6.45) is 1.67. The smallest absolute Gasteiger partial charge is 0.266 e. The van der Waals surface area contributed by atoms with Crippen LogP contribution in [0.3, 0.4) is 0 Å². The van der Waals surface area contributed by atoms with Crippen molar-refractivity contribution in [2.24, 2.45) is 4.99 Å². The number of hydrogen-bond acceptors (Lipinski definition) is 3. The van der Waals surface area contributed by atoms with Crippen LogP contribution in [0.1, 0.15) is 10.4 Å². The number of rotatable bonds is 3. The summed E-state index contributed by atoms with van der Waals surface area (Å²) in [6, 6.07) is 20.5. The maximum atomic E-state index is 13.5. The Morgan fingerprint density at radius 1 is 0.969 bits per heavy atom. The molecule has 1 amide bonds. The van der Waals surface area contributed by atoms with E-state index >= 15 is 0 Å². The van der Waals surface area contributed by atoms with Gasteiger partial charge in [-0.3, -0.25) is 9.69 Å². The molecule has 0 atom stereocenters. The molecule has 0 bridgehead atoms. The van der Waals surface area contributed by atoms with Gasteiger partial charge in [-0.1, -0.05) is 81.1 Å². The molecule has 8 heteroatoms. The van der Waals surface area contributed by atoms with E-state index in [0.29, 0.717) is 32.2 Å². The third-order valence-corrected chi connectivity index (χ3v) is 7.65. The summed E-state index contributed by atoms with van der Waals surface area (Å²) in [5.74, 6) is 0.216. The number of aliphatic imine (C=N–C) groups is 1. The molecule has 2 heterocycles. The van der Waals surface area contributed by atoms with E-state index in [1.165, 1.54) is 11.3 Å². The topological polar surface area (TPSA) is 32.7 Å². The van der Waals surface area contributed by atoms with E-state index < -0.39 is 0 Å². The highest BCUT2D eigenvalue weighted by Crippen LogP contribution is 2.40. The van der Waals surface area contributed by atoms with Gasteiger partial charge in [-0.05, 0) is 48.0 Å². The predicted molar refractivity (Wildman–Crippen MR) is 139 cm³/mol. The van der Waals surface area contributed by atoms with Gasteiger partial charge in [0.25, 0.3) is 5.91 Å². The summed E-state index contributed by atoms with van der Waals surface area (Å²) in [4.78, 5) is 20.6. The number of benzene rings is 3. The van der Waals surface area contributed by atoms with Crippen LogP contribution >= 0.6 is 62.1 Å². The number of nitrogens with zero attached hydrogens (tertiary/aromatic N) is 2. The molecular formula is C24H12BrCl3N2OS. The molecule has 0 fully saturated rings. The Morgan fingerprint density at radius 3 is 2.53 bits per heavy atom. The molecule has 0 spiro atoms. The second-order valence-electron chi connectivity index (χ2n) is 6.99. The predicted octanol–water partition coefficient (Wildman–Crippen LogP) is 8.46. The fraction of sp³-hybridized carbons (Fsp3) is 0. The number of hydrogen-bond donors (Lipinski definition) is 0. The summed E-state index contributed by atoms with van der Waals surface area (Å²) in [7, 11) is 0. The second kappa shape index (κ2) is 8.65. The molecule has 1 aliphatic heterocycles. The van der Waals surface area contributed by atoms with Gasteiger partial charge in [0.05, 0.1) is 15.6 Å². The lowest BCUT2D eigenvalue weighted by molar-refractivity contribution is -0.113. The van der Waals surface area contributed by atoms with Crippen molar-refractivity contribution in [1.82, 2.24) is 0 Å². The average molecular weight is 563 g/mol. The molecule has 158 valence electrons. The van der Waals surface area contributed by atoms with Gasteiger partial charge in [-0.15, -0.1) is 11.3 Å². The van der Waals surface area contributed by atoms with E-state index in [1.54, 1.807) is 29.2 Å². The van der Waals surface area contributed by atoms with Gasteiger partial charge in [0.2, 0.25) is 0 Å². The molecule has 32 heavy (non-hydrogen) atoms. The molecule has 0 unspecified atom stereocenters. The first-order valence-electron chi connectivity index (χ1n) is 9.45. The van der Waals surface area contributed by atoms with Crippen LogP contribution in [0.4, 0.5) is 5.69 Å². The maximum Gasteiger partial charge on any atom is 0.282 e. The highest BCUT2D eigenvalue weighted by atomic mass is 79.9. The Kier molecular flexibility index (Phi) is 5.86. The number of fused-ring (bicyclic) bond motifs is 1. The van der Waals surface area contributed by atoms with Crippen LogP contribution in [0.15, 0.2) is 81.9 Å². The van der Waals surface area contributed by atoms with E-state index in [0.717, 1.165) is 19.4 Å². The molecule has 3 aromatic carbocycles. The van der Waals surface area contributed by atoms with Crippen LogP contribution in [-0.4, -0.2) is 11.7 Å². The first-order chi connectivity index (χ1) is 15.4. The Hall–Kier alpha value is -2.15. The quantitative estimate of drug-likeness (QED) is 0.231. The zero-order chi connectivity index (χ0) is 22.4. The van der Waals surface area contributed by atoms with Crippen molar-refractivity contribution in [2.45, 2.75) is 0 Å². The van der Waals surface area contributed by atoms with Crippen molar-refractivity contribution in [3.8, 4) is 0 Å². The molecule has 3 nitrogen and oxygen atoms in total. The van der Waals surface area contributed by atoms with Gasteiger partial charge in [-0.25, -0.2) is 4.99 Å². The van der Waals surface area contributed by atoms with Gasteiger partial charge >= 0.3 is 0 Å². The average Bonchev–Trinajstić information content (AvgIpc) is 3.27. The summed E-state index contributed by atoms with van der Waals surface area (Å²) >= 11 is 24.1. The van der Waals surface area contributed by atoms with Crippen molar-refractivity contribution in [3.63, 3.8) is 0 Å². The zero-order valence-corrected chi connectivity index (χ0v) is 20.8. The Morgan fingerprint density at radius 2 is 1.78 bits per heavy atom. The standard InChI is InChI=1S/C24H12BrCl3N2OS/c25-14-4-3-5-16(11-14)30-23(22-21(28)17-6-1-2-7-20(17)32-22)29-19(24(30)31)10-13-8-9-15(26)12-18(13)27/h1-12H/b19-10+. The minimum absolute atomic E-state index is 0.262. The minimum atomic E-state index is -0.266. The summed E-state index contributed by atoms with van der Waals surface area (Å²) in [5, 5.41) is 2.46. The molecular weight excluding hydrogens is 551 g/mol. The number of thiophene rings is 1. The third-order valence-electron chi connectivity index (χ3n) is 4.92. The molecule has 0 N–H and O–H groups in total. The summed E-state index contributed by atoms with van der Waals surface area (Å²) in [5.41, 5.74) is 1.60. The highest BCUT2D eigenvalue weighted by Gasteiger charge is 2.35. The van der Waals surface area contributed by atoms with E-state index in [2.05, 4.69) is 15.9 Å². The van der Waals surface area contributed by atoms with Crippen LogP contribution in [-0.2, 0) is 4.79 Å². The van der Waals surface area contributed by atoms with Gasteiger partial charge in [0, 0.05) is 24.6 Å². The lowest BCUT2D eigenvalue weighted by atomic mass is 10.2. The van der Waals surface area contributed by atoms with Gasteiger partial charge in [-0.2, -0.15) is 0 Å². The van der Waals surface area contributed by atoms with Crippen molar-refractivity contribution in [2.75, 3.05) is 4.90 Å². The molecule has 4 aromatic rings. The van der Waals surface area contributed by atoms with Crippen molar-refractivity contribution in [1.29, 1.82) is 0 Å². The number of halogens is 4. The number of amidine groups is 1. The van der Waals surface area contributed by atoms with E-state index in [4.69, 9.17) is 39.8 Å². The van der Waals surface area contributed by atoms with Gasteiger partial charge < -0.3 is 0 Å². The van der Waals surface area contributed by atoms with Gasteiger partial charge in [0.15, 0.2) is 5.84 Å². The Bertz CT molecular complexity index is 1460. The van der Waals surface area contributed by atoms with Crippen LogP contribution in [0.2, 0.25) is 15.1 Å².